The van der Waals surface area contributed by atoms with Crippen molar-refractivity contribution < 1.29 is 13.2 Å². The topological polar surface area (TPSA) is 0 Å². The highest BCUT2D eigenvalue weighted by atomic mass is 79.9. The highest BCUT2D eigenvalue weighted by molar-refractivity contribution is 9.10. The van der Waals surface area contributed by atoms with Gasteiger partial charge in [-0.2, -0.15) is 13.2 Å². The summed E-state index contributed by atoms with van der Waals surface area (Å²) in [5.41, 5.74) is 0.598. The minimum absolute atomic E-state index is 0.0856. The van der Waals surface area contributed by atoms with E-state index in [1.54, 1.807) is 6.92 Å². The van der Waals surface area contributed by atoms with Gasteiger partial charge >= 0.3 is 6.18 Å². The fourth-order valence-electron chi connectivity index (χ4n) is 1.14. The first-order valence-corrected chi connectivity index (χ1v) is 4.66. The van der Waals surface area contributed by atoms with Crippen LogP contribution >= 0.6 is 15.9 Å². The van der Waals surface area contributed by atoms with E-state index in [1.807, 2.05) is 0 Å². The molecule has 0 amide bonds. The van der Waals surface area contributed by atoms with Gasteiger partial charge in [0, 0.05) is 4.47 Å². The molecular formula is C10H8BrF3. The van der Waals surface area contributed by atoms with Gasteiger partial charge in [-0.25, -0.2) is 0 Å². The van der Waals surface area contributed by atoms with Gasteiger partial charge in [0.15, 0.2) is 0 Å². The lowest BCUT2D eigenvalue weighted by Crippen LogP contribution is -2.07. The summed E-state index contributed by atoms with van der Waals surface area (Å²) in [4.78, 5) is 0. The molecule has 1 aromatic carbocycles. The van der Waals surface area contributed by atoms with Gasteiger partial charge in [-0.15, -0.1) is 0 Å². The standard InChI is InChI=1S/C10H8BrF3/c1-3-7-4-5-8(10(12,13)14)9(11)6(7)2/h3-5H,1H2,2H3. The van der Waals surface area contributed by atoms with Gasteiger partial charge in [-0.1, -0.05) is 18.7 Å². The van der Waals surface area contributed by atoms with Crippen molar-refractivity contribution in [1.29, 1.82) is 0 Å². The summed E-state index contributed by atoms with van der Waals surface area (Å²) < 4.78 is 37.3. The van der Waals surface area contributed by atoms with E-state index in [0.29, 0.717) is 11.1 Å². The van der Waals surface area contributed by atoms with Crippen molar-refractivity contribution in [3.8, 4) is 0 Å². The number of hydrogen-bond acceptors (Lipinski definition) is 0. The molecule has 0 aliphatic rings. The second-order valence-electron chi connectivity index (χ2n) is 2.84. The first-order valence-electron chi connectivity index (χ1n) is 3.86. The first kappa shape index (κ1) is 11.3. The Kier molecular flexibility index (Phi) is 3.04. The van der Waals surface area contributed by atoms with Crippen LogP contribution in [0.5, 0.6) is 0 Å². The number of halogens is 4. The fourth-order valence-corrected chi connectivity index (χ4v) is 1.73. The molecule has 1 rings (SSSR count). The Bertz CT molecular complexity index is 366. The summed E-state index contributed by atoms with van der Waals surface area (Å²) in [5, 5.41) is 0. The molecule has 0 heterocycles. The summed E-state index contributed by atoms with van der Waals surface area (Å²) in [7, 11) is 0. The Morgan fingerprint density at radius 2 is 1.93 bits per heavy atom. The molecule has 0 saturated heterocycles. The molecule has 0 saturated carbocycles. The van der Waals surface area contributed by atoms with Crippen LogP contribution in [0.4, 0.5) is 13.2 Å². The third-order valence-corrected chi connectivity index (χ3v) is 2.98. The van der Waals surface area contributed by atoms with Crippen LogP contribution in [-0.4, -0.2) is 0 Å². The molecule has 0 nitrogen and oxygen atoms in total. The normalized spacial score (nSPS) is 11.5. The zero-order valence-corrected chi connectivity index (χ0v) is 9.04. The molecule has 0 aliphatic heterocycles. The van der Waals surface area contributed by atoms with Crippen LogP contribution in [0.2, 0.25) is 0 Å². The van der Waals surface area contributed by atoms with E-state index in [0.717, 1.165) is 6.07 Å². The van der Waals surface area contributed by atoms with Gasteiger partial charge < -0.3 is 0 Å². The maximum atomic E-state index is 12.4. The van der Waals surface area contributed by atoms with Gasteiger partial charge in [-0.3, -0.25) is 0 Å². The second kappa shape index (κ2) is 3.77. The Hall–Kier alpha value is -0.770. The van der Waals surface area contributed by atoms with E-state index >= 15 is 0 Å². The average Bonchev–Trinajstić information content (AvgIpc) is 2.07. The van der Waals surface area contributed by atoms with Crippen molar-refractivity contribution in [1.82, 2.24) is 0 Å². The molecule has 0 unspecified atom stereocenters. The van der Waals surface area contributed by atoms with Gasteiger partial charge in [0.05, 0.1) is 5.56 Å². The van der Waals surface area contributed by atoms with Crippen molar-refractivity contribution in [2.24, 2.45) is 0 Å². The number of alkyl halides is 3. The quantitative estimate of drug-likeness (QED) is 0.705. The molecule has 1 aromatic rings. The van der Waals surface area contributed by atoms with E-state index in [1.165, 1.54) is 12.1 Å². The molecular weight excluding hydrogens is 257 g/mol. The van der Waals surface area contributed by atoms with Gasteiger partial charge in [-0.05, 0) is 40.0 Å². The molecule has 0 aliphatic carbocycles. The van der Waals surface area contributed by atoms with E-state index in [9.17, 15) is 13.2 Å². The molecule has 14 heavy (non-hydrogen) atoms. The van der Waals surface area contributed by atoms with Crippen molar-refractivity contribution in [2.45, 2.75) is 13.1 Å². The highest BCUT2D eigenvalue weighted by Crippen LogP contribution is 2.37. The third kappa shape index (κ3) is 2.00. The zero-order valence-electron chi connectivity index (χ0n) is 7.45. The van der Waals surface area contributed by atoms with Crippen LogP contribution in [0.25, 0.3) is 6.08 Å². The lowest BCUT2D eigenvalue weighted by atomic mass is 10.1. The molecule has 0 aromatic heterocycles. The SMILES string of the molecule is C=Cc1ccc(C(F)(F)F)c(Br)c1C. The number of hydrogen-bond donors (Lipinski definition) is 0. The van der Waals surface area contributed by atoms with E-state index in [2.05, 4.69) is 22.5 Å². The predicted octanol–water partition coefficient (Wildman–Crippen LogP) is 4.42. The largest absolute Gasteiger partial charge is 0.417 e. The van der Waals surface area contributed by atoms with Crippen LogP contribution in [0.15, 0.2) is 23.2 Å². The average molecular weight is 265 g/mol. The minimum atomic E-state index is -4.32. The Morgan fingerprint density at radius 1 is 1.36 bits per heavy atom. The fraction of sp³-hybridized carbons (Fsp3) is 0.200. The summed E-state index contributed by atoms with van der Waals surface area (Å²) in [5.74, 6) is 0. The van der Waals surface area contributed by atoms with Crippen molar-refractivity contribution in [3.05, 3.63) is 39.9 Å². The van der Waals surface area contributed by atoms with E-state index < -0.39 is 11.7 Å². The summed E-state index contributed by atoms with van der Waals surface area (Å²) in [6.07, 6.45) is -2.79. The smallest absolute Gasteiger partial charge is 0.166 e. The molecule has 76 valence electrons. The van der Waals surface area contributed by atoms with Gasteiger partial charge in [0.1, 0.15) is 0 Å². The highest BCUT2D eigenvalue weighted by Gasteiger charge is 2.33. The van der Waals surface area contributed by atoms with Crippen LogP contribution < -0.4 is 0 Å². The molecule has 0 bridgehead atoms. The van der Waals surface area contributed by atoms with Crippen molar-refractivity contribution in [3.63, 3.8) is 0 Å². The maximum absolute atomic E-state index is 12.4. The first-order chi connectivity index (χ1) is 6.38. The summed E-state index contributed by atoms with van der Waals surface area (Å²) in [6, 6.07) is 2.46. The molecule has 0 atom stereocenters. The lowest BCUT2D eigenvalue weighted by molar-refractivity contribution is -0.138. The predicted molar refractivity (Wildman–Crippen MR) is 54.0 cm³/mol. The summed E-state index contributed by atoms with van der Waals surface area (Å²) in [6.45, 7) is 5.14. The van der Waals surface area contributed by atoms with Crippen LogP contribution in [-0.2, 0) is 6.18 Å². The van der Waals surface area contributed by atoms with Gasteiger partial charge in [0.25, 0.3) is 0 Å². The van der Waals surface area contributed by atoms with Crippen LogP contribution in [0.3, 0.4) is 0 Å². The van der Waals surface area contributed by atoms with Gasteiger partial charge in [0.2, 0.25) is 0 Å². The molecule has 0 spiro atoms. The summed E-state index contributed by atoms with van der Waals surface area (Å²) >= 11 is 2.94. The van der Waals surface area contributed by atoms with E-state index in [4.69, 9.17) is 0 Å². The number of rotatable bonds is 1. The minimum Gasteiger partial charge on any atom is -0.166 e. The maximum Gasteiger partial charge on any atom is 0.417 e. The second-order valence-corrected chi connectivity index (χ2v) is 3.64. The monoisotopic (exact) mass is 264 g/mol. The Balaban J connectivity index is 3.38. The third-order valence-electron chi connectivity index (χ3n) is 1.95. The van der Waals surface area contributed by atoms with Crippen molar-refractivity contribution >= 4 is 22.0 Å². The van der Waals surface area contributed by atoms with Crippen LogP contribution in [0.1, 0.15) is 16.7 Å². The Labute approximate surface area is 88.6 Å². The van der Waals surface area contributed by atoms with Crippen molar-refractivity contribution in [2.75, 3.05) is 0 Å². The van der Waals surface area contributed by atoms with Crippen LogP contribution in [0, 0.1) is 6.92 Å². The Morgan fingerprint density at radius 3 is 2.36 bits per heavy atom. The zero-order chi connectivity index (χ0) is 10.9. The number of benzene rings is 1. The molecule has 0 N–H and O–H groups in total. The molecule has 0 radical (unpaired) electrons. The molecule has 0 fully saturated rings. The molecule has 4 heteroatoms. The lowest BCUT2D eigenvalue weighted by Gasteiger charge is -2.12. The van der Waals surface area contributed by atoms with E-state index in [-0.39, 0.29) is 4.47 Å².